The van der Waals surface area contributed by atoms with E-state index in [2.05, 4.69) is 20.5 Å². The lowest BCUT2D eigenvalue weighted by Crippen LogP contribution is -2.24. The molecule has 156 valence electrons. The Morgan fingerprint density at radius 3 is 2.48 bits per heavy atom. The summed E-state index contributed by atoms with van der Waals surface area (Å²) >= 11 is 0. The Labute approximate surface area is 178 Å². The first-order chi connectivity index (χ1) is 15.2. The highest BCUT2D eigenvalue weighted by molar-refractivity contribution is 5.94. The number of halogens is 1. The summed E-state index contributed by atoms with van der Waals surface area (Å²) in [5.41, 5.74) is 5.14. The number of hydrogen-bond donors (Lipinski definition) is 1. The lowest BCUT2D eigenvalue weighted by atomic mass is 9.95. The van der Waals surface area contributed by atoms with Crippen LogP contribution in [0.1, 0.15) is 40.2 Å². The Bertz CT molecular complexity index is 1200. The van der Waals surface area contributed by atoms with Gasteiger partial charge in [-0.3, -0.25) is 4.79 Å². The van der Waals surface area contributed by atoms with Crippen LogP contribution in [-0.2, 0) is 19.4 Å². The molecular formula is C23H21FN6O. The zero-order valence-corrected chi connectivity index (χ0v) is 16.8. The fourth-order valence-electron chi connectivity index (χ4n) is 3.95. The first kappa shape index (κ1) is 19.2. The number of amides is 1. The van der Waals surface area contributed by atoms with Gasteiger partial charge in [-0.15, -0.1) is 0 Å². The Morgan fingerprint density at radius 2 is 1.74 bits per heavy atom. The number of carbonyl (C=O) groups excluding carboxylic acids is 1. The molecule has 1 N–H and O–H groups in total. The molecule has 8 heteroatoms. The number of fused-ring (bicyclic) bond motifs is 1. The summed E-state index contributed by atoms with van der Waals surface area (Å²) in [5.74, 6) is -0.489. The third-order valence-corrected chi connectivity index (χ3v) is 5.54. The average molecular weight is 416 g/mol. The van der Waals surface area contributed by atoms with Crippen molar-refractivity contribution in [2.75, 3.05) is 0 Å². The van der Waals surface area contributed by atoms with Crippen molar-refractivity contribution in [1.29, 1.82) is 0 Å². The first-order valence-electron chi connectivity index (χ1n) is 10.3. The largest absolute Gasteiger partial charge is 0.347 e. The maximum Gasteiger partial charge on any atom is 0.272 e. The highest BCUT2D eigenvalue weighted by Gasteiger charge is 2.25. The predicted molar refractivity (Wildman–Crippen MR) is 113 cm³/mol. The molecular weight excluding hydrogens is 395 g/mol. The number of nitrogens with one attached hydrogen (secondary N) is 1. The van der Waals surface area contributed by atoms with Crippen LogP contribution >= 0.6 is 0 Å². The third kappa shape index (κ3) is 3.84. The smallest absolute Gasteiger partial charge is 0.272 e. The van der Waals surface area contributed by atoms with Gasteiger partial charge in [-0.25, -0.2) is 18.7 Å². The number of hydrogen-bond acceptors (Lipinski definition) is 4. The van der Waals surface area contributed by atoms with E-state index in [1.54, 1.807) is 27.8 Å². The fourth-order valence-corrected chi connectivity index (χ4v) is 3.95. The highest BCUT2D eigenvalue weighted by atomic mass is 19.1. The molecule has 2 aromatic carbocycles. The lowest BCUT2D eigenvalue weighted by molar-refractivity contribution is 0.0944. The third-order valence-electron chi connectivity index (χ3n) is 5.54. The molecule has 0 atom stereocenters. The molecule has 5 rings (SSSR count). The van der Waals surface area contributed by atoms with E-state index < -0.39 is 0 Å². The molecule has 4 aromatic rings. The topological polar surface area (TPSA) is 77.6 Å². The van der Waals surface area contributed by atoms with Crippen molar-refractivity contribution in [1.82, 2.24) is 29.9 Å². The van der Waals surface area contributed by atoms with Gasteiger partial charge in [0.15, 0.2) is 5.69 Å². The van der Waals surface area contributed by atoms with Crippen LogP contribution in [0.3, 0.4) is 0 Å². The van der Waals surface area contributed by atoms with Crippen molar-refractivity contribution in [3.63, 3.8) is 0 Å². The summed E-state index contributed by atoms with van der Waals surface area (Å²) in [6.45, 7) is 0.397. The van der Waals surface area contributed by atoms with E-state index in [1.165, 1.54) is 18.5 Å². The van der Waals surface area contributed by atoms with E-state index >= 15 is 0 Å². The quantitative estimate of drug-likeness (QED) is 0.541. The van der Waals surface area contributed by atoms with Crippen LogP contribution in [0, 0.1) is 5.82 Å². The number of nitrogens with zero attached hydrogens (tertiary/aromatic N) is 5. The zero-order chi connectivity index (χ0) is 21.2. The van der Waals surface area contributed by atoms with Crippen LogP contribution in [0.25, 0.3) is 11.4 Å². The van der Waals surface area contributed by atoms with E-state index in [4.69, 9.17) is 0 Å². The van der Waals surface area contributed by atoms with Crippen molar-refractivity contribution < 1.29 is 9.18 Å². The van der Waals surface area contributed by atoms with Gasteiger partial charge in [0.05, 0.1) is 11.4 Å². The molecule has 0 spiro atoms. The summed E-state index contributed by atoms with van der Waals surface area (Å²) < 4.78 is 16.8. The molecule has 31 heavy (non-hydrogen) atoms. The molecule has 2 heterocycles. The molecule has 0 aliphatic heterocycles. The minimum atomic E-state index is -0.294. The second kappa shape index (κ2) is 8.14. The van der Waals surface area contributed by atoms with Crippen molar-refractivity contribution in [2.24, 2.45) is 0 Å². The van der Waals surface area contributed by atoms with Crippen LogP contribution < -0.4 is 5.32 Å². The van der Waals surface area contributed by atoms with Gasteiger partial charge in [-0.2, -0.15) is 10.2 Å². The Hall–Kier alpha value is -3.81. The molecule has 7 nitrogen and oxygen atoms in total. The van der Waals surface area contributed by atoms with Gasteiger partial charge in [0.1, 0.15) is 18.5 Å². The average Bonchev–Trinajstić information content (AvgIpc) is 3.47. The van der Waals surface area contributed by atoms with Gasteiger partial charge in [0, 0.05) is 17.8 Å². The van der Waals surface area contributed by atoms with Crippen LogP contribution in [0.4, 0.5) is 4.39 Å². The maximum atomic E-state index is 13.3. The SMILES string of the molecule is O=C(NCc1ccc(-n2cncn2)cc1)c1nn(-c2ccc(F)cc2)c2c1CCCC2. The van der Waals surface area contributed by atoms with Gasteiger partial charge in [-0.1, -0.05) is 12.1 Å². The van der Waals surface area contributed by atoms with Gasteiger partial charge in [0.25, 0.3) is 5.91 Å². The minimum absolute atomic E-state index is 0.195. The van der Waals surface area contributed by atoms with E-state index in [9.17, 15) is 9.18 Å². The first-order valence-corrected chi connectivity index (χ1v) is 10.3. The van der Waals surface area contributed by atoms with Crippen LogP contribution in [0.15, 0.2) is 61.2 Å². The van der Waals surface area contributed by atoms with Crippen molar-refractivity contribution >= 4 is 5.91 Å². The van der Waals surface area contributed by atoms with E-state index in [-0.39, 0.29) is 11.7 Å². The number of benzene rings is 2. The van der Waals surface area contributed by atoms with Crippen molar-refractivity contribution in [2.45, 2.75) is 32.2 Å². The van der Waals surface area contributed by atoms with Crippen LogP contribution in [-0.4, -0.2) is 30.5 Å². The molecule has 0 radical (unpaired) electrons. The van der Waals surface area contributed by atoms with Gasteiger partial charge in [-0.05, 0) is 67.6 Å². The second-order valence-corrected chi connectivity index (χ2v) is 7.56. The summed E-state index contributed by atoms with van der Waals surface area (Å²) in [6.07, 6.45) is 6.89. The number of rotatable bonds is 5. The van der Waals surface area contributed by atoms with Crippen molar-refractivity contribution in [3.8, 4) is 11.4 Å². The summed E-state index contributed by atoms with van der Waals surface area (Å²) in [4.78, 5) is 16.9. The summed E-state index contributed by atoms with van der Waals surface area (Å²) in [7, 11) is 0. The fraction of sp³-hybridized carbons (Fsp3) is 0.217. The normalized spacial score (nSPS) is 13.1. The summed E-state index contributed by atoms with van der Waals surface area (Å²) in [5, 5.41) is 11.7. The Kier molecular flexibility index (Phi) is 5.03. The molecule has 0 bridgehead atoms. The van der Waals surface area contributed by atoms with Crippen LogP contribution in [0.5, 0.6) is 0 Å². The predicted octanol–water partition coefficient (Wildman–Crippen LogP) is 3.40. The Balaban J connectivity index is 1.35. The van der Waals surface area contributed by atoms with Gasteiger partial charge in [0.2, 0.25) is 0 Å². The highest BCUT2D eigenvalue weighted by Crippen LogP contribution is 2.27. The summed E-state index contributed by atoms with van der Waals surface area (Å²) in [6, 6.07) is 14.0. The molecule has 0 saturated carbocycles. The zero-order valence-electron chi connectivity index (χ0n) is 16.8. The molecule has 0 saturated heterocycles. The molecule has 2 aromatic heterocycles. The molecule has 1 aliphatic carbocycles. The standard InChI is InChI=1S/C23H21FN6O/c24-17-7-11-19(12-8-17)30-21-4-2-1-3-20(21)22(28-30)23(31)26-13-16-5-9-18(10-6-16)29-15-25-14-27-29/h5-12,14-15H,1-4,13H2,(H,26,31). The molecule has 0 unspecified atom stereocenters. The van der Waals surface area contributed by atoms with E-state index in [1.807, 2.05) is 24.3 Å². The maximum absolute atomic E-state index is 13.3. The van der Waals surface area contributed by atoms with E-state index in [0.29, 0.717) is 12.2 Å². The Morgan fingerprint density at radius 1 is 1.00 bits per heavy atom. The molecule has 0 fully saturated rings. The second-order valence-electron chi connectivity index (χ2n) is 7.56. The molecule has 1 amide bonds. The number of carbonyl (C=O) groups is 1. The van der Waals surface area contributed by atoms with Gasteiger partial charge < -0.3 is 5.32 Å². The van der Waals surface area contributed by atoms with E-state index in [0.717, 1.165) is 53.9 Å². The monoisotopic (exact) mass is 416 g/mol. The van der Waals surface area contributed by atoms with Gasteiger partial charge >= 0.3 is 0 Å². The van der Waals surface area contributed by atoms with Crippen LogP contribution in [0.2, 0.25) is 0 Å². The minimum Gasteiger partial charge on any atom is -0.347 e. The molecule has 1 aliphatic rings. The lowest BCUT2D eigenvalue weighted by Gasteiger charge is -2.14. The number of aromatic nitrogens is 5. The van der Waals surface area contributed by atoms with Crippen molar-refractivity contribution in [3.05, 3.63) is 89.5 Å².